The van der Waals surface area contributed by atoms with Crippen molar-refractivity contribution in [3.05, 3.63) is 52.7 Å². The molecule has 2 saturated heterocycles. The van der Waals surface area contributed by atoms with E-state index in [1.54, 1.807) is 0 Å². The SMILES string of the molecule is O=C(O)C(c1cccc(O[C@H]2CCOC2)c1C1CC1)N1CC(OCCCCCc2ccc3c(n2)NCCC3)C1. The lowest BCUT2D eigenvalue weighted by Gasteiger charge is -2.43. The third kappa shape index (κ3) is 6.39. The molecule has 2 N–H and O–H groups in total. The Morgan fingerprint density at radius 2 is 2.03 bits per heavy atom. The number of aromatic nitrogens is 1. The number of hydrogen-bond acceptors (Lipinski definition) is 7. The molecule has 0 radical (unpaired) electrons. The summed E-state index contributed by atoms with van der Waals surface area (Å²) >= 11 is 0. The predicted molar refractivity (Wildman–Crippen MR) is 149 cm³/mol. The minimum Gasteiger partial charge on any atom is -0.488 e. The number of anilines is 1. The summed E-state index contributed by atoms with van der Waals surface area (Å²) in [5.41, 5.74) is 4.47. The zero-order valence-electron chi connectivity index (χ0n) is 22.8. The highest BCUT2D eigenvalue weighted by Gasteiger charge is 2.41. The third-order valence-corrected chi connectivity index (χ3v) is 8.42. The largest absolute Gasteiger partial charge is 0.488 e. The van der Waals surface area contributed by atoms with Crippen LogP contribution in [0.3, 0.4) is 0 Å². The van der Waals surface area contributed by atoms with Gasteiger partial charge in [-0.25, -0.2) is 4.98 Å². The lowest BCUT2D eigenvalue weighted by Crippen LogP contribution is -2.55. The average molecular weight is 536 g/mol. The van der Waals surface area contributed by atoms with Gasteiger partial charge in [-0.2, -0.15) is 0 Å². The van der Waals surface area contributed by atoms with Crippen LogP contribution in [-0.4, -0.2) is 72.6 Å². The van der Waals surface area contributed by atoms with Crippen LogP contribution in [0.25, 0.3) is 0 Å². The Hall–Kier alpha value is -2.68. The summed E-state index contributed by atoms with van der Waals surface area (Å²) in [6.07, 6.45) is 9.72. The van der Waals surface area contributed by atoms with E-state index in [2.05, 4.69) is 17.4 Å². The number of rotatable bonds is 13. The zero-order chi connectivity index (χ0) is 26.6. The highest BCUT2D eigenvalue weighted by molar-refractivity contribution is 5.77. The standard InChI is InChI=1S/C31H41N3O5/c35-31(36)29(26-8-4-9-27(28(26)21-10-11-21)39-24-14-17-37-20-24)34-18-25(19-34)38-16-3-1-2-7-23-13-12-22-6-5-15-32-30(22)33-23/h4,8-9,12-13,21,24-25,29H,1-3,5-7,10-11,14-20H2,(H,32,33)(H,35,36)/t24-,29?/m0/s1. The molecule has 2 aromatic rings. The van der Waals surface area contributed by atoms with E-state index in [1.165, 1.54) is 12.0 Å². The number of nitrogens with zero attached hydrogens (tertiary/aromatic N) is 2. The molecule has 39 heavy (non-hydrogen) atoms. The van der Waals surface area contributed by atoms with Gasteiger partial charge >= 0.3 is 5.97 Å². The van der Waals surface area contributed by atoms with Crippen LogP contribution >= 0.6 is 0 Å². The number of pyridine rings is 1. The Kier molecular flexibility index (Phi) is 8.32. The van der Waals surface area contributed by atoms with E-state index in [-0.39, 0.29) is 12.2 Å². The zero-order valence-corrected chi connectivity index (χ0v) is 22.8. The van der Waals surface area contributed by atoms with Crippen molar-refractivity contribution >= 4 is 11.8 Å². The van der Waals surface area contributed by atoms with Crippen LogP contribution in [0.1, 0.15) is 79.3 Å². The Morgan fingerprint density at radius 3 is 2.82 bits per heavy atom. The number of ether oxygens (including phenoxy) is 3. The van der Waals surface area contributed by atoms with Crippen molar-refractivity contribution in [2.75, 3.05) is 44.8 Å². The first-order valence-corrected chi connectivity index (χ1v) is 14.8. The second kappa shape index (κ2) is 12.2. The maximum absolute atomic E-state index is 12.5. The van der Waals surface area contributed by atoms with Crippen LogP contribution in [0.4, 0.5) is 5.82 Å². The van der Waals surface area contributed by atoms with Crippen molar-refractivity contribution in [1.29, 1.82) is 0 Å². The molecule has 0 bridgehead atoms. The summed E-state index contributed by atoms with van der Waals surface area (Å²) in [4.78, 5) is 19.3. The molecule has 1 unspecified atom stereocenters. The van der Waals surface area contributed by atoms with E-state index in [4.69, 9.17) is 19.2 Å². The number of nitrogens with one attached hydrogen (secondary N) is 1. The quantitative estimate of drug-likeness (QED) is 0.356. The van der Waals surface area contributed by atoms with Crippen molar-refractivity contribution in [2.24, 2.45) is 0 Å². The Balaban J connectivity index is 0.965. The number of carbonyl (C=O) groups is 1. The van der Waals surface area contributed by atoms with Gasteiger partial charge in [0, 0.05) is 43.9 Å². The maximum atomic E-state index is 12.5. The molecule has 3 fully saturated rings. The van der Waals surface area contributed by atoms with Crippen molar-refractivity contribution in [3.8, 4) is 5.75 Å². The number of hydrogen-bond donors (Lipinski definition) is 2. The molecule has 6 rings (SSSR count). The fraction of sp³-hybridized carbons (Fsp3) is 0.613. The van der Waals surface area contributed by atoms with Gasteiger partial charge < -0.3 is 24.6 Å². The summed E-state index contributed by atoms with van der Waals surface area (Å²) in [7, 11) is 0. The lowest BCUT2D eigenvalue weighted by molar-refractivity contribution is -0.151. The summed E-state index contributed by atoms with van der Waals surface area (Å²) in [5, 5.41) is 13.6. The van der Waals surface area contributed by atoms with Crippen LogP contribution in [-0.2, 0) is 27.1 Å². The van der Waals surface area contributed by atoms with E-state index in [1.807, 2.05) is 23.1 Å². The van der Waals surface area contributed by atoms with E-state index in [0.717, 1.165) is 99.5 Å². The van der Waals surface area contributed by atoms with Gasteiger partial charge in [0.25, 0.3) is 0 Å². The number of aliphatic carboxylic acids is 1. The number of fused-ring (bicyclic) bond motifs is 1. The molecule has 1 aromatic carbocycles. The van der Waals surface area contributed by atoms with Crippen LogP contribution < -0.4 is 10.1 Å². The Labute approximate surface area is 231 Å². The summed E-state index contributed by atoms with van der Waals surface area (Å²) in [5.74, 6) is 1.50. The molecule has 1 aliphatic carbocycles. The fourth-order valence-electron chi connectivity index (χ4n) is 6.11. The van der Waals surface area contributed by atoms with Gasteiger partial charge in [0.2, 0.25) is 0 Å². The topological polar surface area (TPSA) is 93.2 Å². The molecule has 1 aromatic heterocycles. The first-order chi connectivity index (χ1) is 19.2. The smallest absolute Gasteiger partial charge is 0.325 e. The summed E-state index contributed by atoms with van der Waals surface area (Å²) in [6, 6.07) is 9.64. The first kappa shape index (κ1) is 26.5. The Morgan fingerprint density at radius 1 is 1.13 bits per heavy atom. The maximum Gasteiger partial charge on any atom is 0.325 e. The molecule has 3 aliphatic heterocycles. The third-order valence-electron chi connectivity index (χ3n) is 8.42. The van der Waals surface area contributed by atoms with Crippen LogP contribution in [0.5, 0.6) is 5.75 Å². The van der Waals surface area contributed by atoms with Crippen LogP contribution in [0.2, 0.25) is 0 Å². The molecule has 2 atom stereocenters. The molecular weight excluding hydrogens is 494 g/mol. The van der Waals surface area contributed by atoms with Crippen LogP contribution in [0, 0.1) is 0 Å². The van der Waals surface area contributed by atoms with Gasteiger partial charge in [-0.15, -0.1) is 0 Å². The van der Waals surface area contributed by atoms with E-state index < -0.39 is 12.0 Å². The number of carboxylic acid groups (broad SMARTS) is 1. The molecule has 8 nitrogen and oxygen atoms in total. The molecule has 8 heteroatoms. The number of carboxylic acids is 1. The molecule has 210 valence electrons. The van der Waals surface area contributed by atoms with Gasteiger partial charge in [0.05, 0.1) is 19.3 Å². The van der Waals surface area contributed by atoms with E-state index >= 15 is 0 Å². The monoisotopic (exact) mass is 535 g/mol. The number of benzene rings is 1. The number of unbranched alkanes of at least 4 members (excludes halogenated alkanes) is 2. The second-order valence-corrected chi connectivity index (χ2v) is 11.5. The lowest BCUT2D eigenvalue weighted by atomic mass is 9.92. The van der Waals surface area contributed by atoms with Crippen molar-refractivity contribution in [3.63, 3.8) is 0 Å². The van der Waals surface area contributed by atoms with Gasteiger partial charge in [-0.05, 0) is 74.1 Å². The second-order valence-electron chi connectivity index (χ2n) is 11.5. The molecule has 0 spiro atoms. The van der Waals surface area contributed by atoms with Gasteiger partial charge in [-0.3, -0.25) is 9.69 Å². The number of likely N-dealkylation sites (tertiary alicyclic amines) is 1. The van der Waals surface area contributed by atoms with Crippen molar-refractivity contribution in [2.45, 2.75) is 82.0 Å². The van der Waals surface area contributed by atoms with E-state index in [0.29, 0.717) is 25.6 Å². The summed E-state index contributed by atoms with van der Waals surface area (Å²) < 4.78 is 17.9. The molecule has 1 saturated carbocycles. The number of aryl methyl sites for hydroxylation is 2. The Bertz CT molecular complexity index is 1140. The van der Waals surface area contributed by atoms with Crippen LogP contribution in [0.15, 0.2) is 30.3 Å². The summed E-state index contributed by atoms with van der Waals surface area (Å²) in [6.45, 7) is 4.36. The highest BCUT2D eigenvalue weighted by Crippen LogP contribution is 2.49. The van der Waals surface area contributed by atoms with Crippen molar-refractivity contribution < 1.29 is 24.1 Å². The predicted octanol–water partition coefficient (Wildman–Crippen LogP) is 4.72. The molecular formula is C31H41N3O5. The van der Waals surface area contributed by atoms with Gasteiger partial charge in [0.15, 0.2) is 0 Å². The average Bonchev–Trinajstić information content (AvgIpc) is 3.63. The first-order valence-electron chi connectivity index (χ1n) is 14.8. The molecule has 0 amide bonds. The highest BCUT2D eigenvalue weighted by atomic mass is 16.5. The normalized spacial score (nSPS) is 22.1. The minimum atomic E-state index is -0.803. The van der Waals surface area contributed by atoms with Gasteiger partial charge in [-0.1, -0.05) is 24.6 Å². The fourth-order valence-corrected chi connectivity index (χ4v) is 6.11. The minimum absolute atomic E-state index is 0.0501. The molecule has 4 heterocycles. The molecule has 4 aliphatic rings. The van der Waals surface area contributed by atoms with Gasteiger partial charge in [0.1, 0.15) is 23.7 Å². The van der Waals surface area contributed by atoms with Crippen molar-refractivity contribution in [1.82, 2.24) is 9.88 Å². The van der Waals surface area contributed by atoms with E-state index in [9.17, 15) is 9.90 Å².